The number of carbonyl (C=O) groups is 4. The van der Waals surface area contributed by atoms with E-state index in [1.54, 1.807) is 31.2 Å². The number of carbonyl (C=O) groups excluding carboxylic acids is 4. The number of ether oxygens (including phenoxy) is 2. The number of aryl methyl sites for hydroxylation is 1. The Morgan fingerprint density at radius 1 is 1.19 bits per heavy atom. The molecule has 10 nitrogen and oxygen atoms in total. The zero-order valence-corrected chi connectivity index (χ0v) is 26.9. The molecule has 43 heavy (non-hydrogen) atoms. The third-order valence-electron chi connectivity index (χ3n) is 8.81. The number of aliphatic hydroxyl groups excluding tert-OH is 1. The standard InChI is InChI=1S/C31H37BrClN3O7/c1-16(2)21(15-37)36-27-29(40)35(25-17(3)9-8-10-20(25)33)12-7-5-6-11-22(38)34-14-18(4)42-30(41)23-24(28(36)39)31(27)13-19(32)26(23)43-31/h5,7-10,13,16,18,21,23-24,26-27,37H,6,11-12,14-15H2,1-4H3,(H,34,38)/b7-5-/t18-,21-,23+,24-,26+,27+,31-/m0/s1. The fraction of sp³-hybridized carbons (Fsp3) is 0.548. The number of cyclic esters (lactones) is 1. The van der Waals surface area contributed by atoms with Crippen molar-refractivity contribution in [2.45, 2.75) is 70.4 Å². The van der Waals surface area contributed by atoms with E-state index in [1.165, 1.54) is 9.80 Å². The predicted molar refractivity (Wildman–Crippen MR) is 163 cm³/mol. The number of para-hydroxylation sites is 1. The summed E-state index contributed by atoms with van der Waals surface area (Å²) < 4.78 is 12.8. The molecule has 2 saturated heterocycles. The van der Waals surface area contributed by atoms with E-state index in [4.69, 9.17) is 21.1 Å². The molecular weight excluding hydrogens is 642 g/mol. The van der Waals surface area contributed by atoms with Crippen molar-refractivity contribution in [3.8, 4) is 0 Å². The van der Waals surface area contributed by atoms with Gasteiger partial charge in [0, 0.05) is 17.4 Å². The molecule has 4 heterocycles. The monoisotopic (exact) mass is 677 g/mol. The van der Waals surface area contributed by atoms with Gasteiger partial charge in [-0.2, -0.15) is 0 Å². The number of hydrogen-bond donors (Lipinski definition) is 2. The molecule has 0 radical (unpaired) electrons. The van der Waals surface area contributed by atoms with Crippen molar-refractivity contribution in [2.24, 2.45) is 17.8 Å². The SMILES string of the molecule is Cc1cccc(Cl)c1N1C/C=C\CCC(=O)NC[C@H](C)OC(=O)[C@H]2[C@@H]3O[C@@]4(C=C3Br)[C@@H]2C(=O)N([C@@H](CO)C(C)C)[C@@H]4C1=O. The second-order valence-electron chi connectivity index (χ2n) is 12.0. The van der Waals surface area contributed by atoms with Crippen LogP contribution in [0.1, 0.15) is 39.2 Å². The summed E-state index contributed by atoms with van der Waals surface area (Å²) in [5, 5.41) is 13.6. The van der Waals surface area contributed by atoms with Crippen LogP contribution in [0, 0.1) is 24.7 Å². The van der Waals surface area contributed by atoms with Gasteiger partial charge >= 0.3 is 5.97 Å². The fourth-order valence-corrected chi connectivity index (χ4v) is 7.82. The number of hydrogen-bond acceptors (Lipinski definition) is 7. The van der Waals surface area contributed by atoms with E-state index in [-0.39, 0.29) is 37.9 Å². The number of esters is 1. The van der Waals surface area contributed by atoms with Gasteiger partial charge in [0.15, 0.2) is 0 Å². The zero-order valence-electron chi connectivity index (χ0n) is 24.6. The normalized spacial score (nSPS) is 32.9. The second-order valence-corrected chi connectivity index (χ2v) is 13.3. The van der Waals surface area contributed by atoms with Gasteiger partial charge in [0.1, 0.15) is 29.8 Å². The summed E-state index contributed by atoms with van der Waals surface area (Å²) >= 11 is 10.2. The van der Waals surface area contributed by atoms with E-state index in [1.807, 2.05) is 32.9 Å². The average molecular weight is 679 g/mol. The van der Waals surface area contributed by atoms with Crippen LogP contribution in [0.15, 0.2) is 40.9 Å². The van der Waals surface area contributed by atoms with Crippen molar-refractivity contribution in [2.75, 3.05) is 24.6 Å². The quantitative estimate of drug-likeness (QED) is 0.370. The average Bonchev–Trinajstić information content (AvgIpc) is 3.53. The van der Waals surface area contributed by atoms with Crippen molar-refractivity contribution in [1.29, 1.82) is 0 Å². The number of anilines is 1. The molecule has 232 valence electrons. The van der Waals surface area contributed by atoms with Crippen LogP contribution >= 0.6 is 27.5 Å². The third kappa shape index (κ3) is 5.43. The first-order valence-electron chi connectivity index (χ1n) is 14.6. The highest BCUT2D eigenvalue weighted by Crippen LogP contribution is 2.59. The lowest BCUT2D eigenvalue weighted by Crippen LogP contribution is -2.59. The summed E-state index contributed by atoms with van der Waals surface area (Å²) in [4.78, 5) is 58.5. The first-order valence-corrected chi connectivity index (χ1v) is 15.8. The van der Waals surface area contributed by atoms with Crippen LogP contribution in [-0.4, -0.2) is 83.3 Å². The van der Waals surface area contributed by atoms with Crippen LogP contribution < -0.4 is 10.2 Å². The third-order valence-corrected chi connectivity index (χ3v) is 9.79. The van der Waals surface area contributed by atoms with Gasteiger partial charge in [-0.3, -0.25) is 19.2 Å². The number of benzene rings is 1. The lowest BCUT2D eigenvalue weighted by molar-refractivity contribution is -0.159. The largest absolute Gasteiger partial charge is 0.460 e. The number of rotatable bonds is 4. The summed E-state index contributed by atoms with van der Waals surface area (Å²) in [5.41, 5.74) is -0.269. The molecule has 3 amide bonds. The number of amides is 3. The Hall–Kier alpha value is -2.73. The van der Waals surface area contributed by atoms with Crippen LogP contribution in [0.5, 0.6) is 0 Å². The van der Waals surface area contributed by atoms with E-state index in [0.717, 1.165) is 5.56 Å². The summed E-state index contributed by atoms with van der Waals surface area (Å²) in [6.45, 7) is 7.07. The Labute approximate surface area is 264 Å². The van der Waals surface area contributed by atoms with Gasteiger partial charge in [-0.15, -0.1) is 0 Å². The summed E-state index contributed by atoms with van der Waals surface area (Å²) in [6, 6.07) is 3.39. The predicted octanol–water partition coefficient (Wildman–Crippen LogP) is 3.27. The molecule has 2 fully saturated rings. The number of fused-ring (bicyclic) bond motifs is 2. The number of nitrogens with zero attached hydrogens (tertiary/aromatic N) is 2. The van der Waals surface area contributed by atoms with E-state index < -0.39 is 59.5 Å². The topological polar surface area (TPSA) is 125 Å². The number of aliphatic hydroxyl groups is 1. The molecule has 0 saturated carbocycles. The van der Waals surface area contributed by atoms with E-state index in [0.29, 0.717) is 21.6 Å². The molecule has 0 unspecified atom stereocenters. The minimum Gasteiger partial charge on any atom is -0.460 e. The molecule has 5 bridgehead atoms. The van der Waals surface area contributed by atoms with Gasteiger partial charge in [0.2, 0.25) is 11.8 Å². The first-order chi connectivity index (χ1) is 20.4. The fourth-order valence-electron chi connectivity index (χ4n) is 6.76. The Bertz CT molecular complexity index is 1360. The van der Waals surface area contributed by atoms with E-state index >= 15 is 0 Å². The van der Waals surface area contributed by atoms with Gasteiger partial charge in [0.25, 0.3) is 5.91 Å². The molecule has 12 heteroatoms. The summed E-state index contributed by atoms with van der Waals surface area (Å²) in [5.74, 6) is -4.09. The van der Waals surface area contributed by atoms with Crippen LogP contribution in [0.2, 0.25) is 5.02 Å². The minimum atomic E-state index is -1.49. The summed E-state index contributed by atoms with van der Waals surface area (Å²) in [7, 11) is 0. The highest BCUT2D eigenvalue weighted by atomic mass is 79.9. The number of nitrogens with one attached hydrogen (secondary N) is 1. The van der Waals surface area contributed by atoms with Crippen molar-refractivity contribution in [3.63, 3.8) is 0 Å². The van der Waals surface area contributed by atoms with Crippen molar-refractivity contribution >= 4 is 56.9 Å². The van der Waals surface area contributed by atoms with Crippen molar-refractivity contribution in [3.05, 3.63) is 51.5 Å². The highest BCUT2D eigenvalue weighted by molar-refractivity contribution is 9.11. The summed E-state index contributed by atoms with van der Waals surface area (Å²) in [6.07, 6.45) is 4.49. The molecule has 0 aliphatic carbocycles. The van der Waals surface area contributed by atoms with Gasteiger partial charge in [0.05, 0.1) is 35.8 Å². The maximum Gasteiger partial charge on any atom is 0.313 e. The number of likely N-dealkylation sites (tertiary alicyclic amines) is 1. The molecule has 4 aliphatic heterocycles. The maximum absolute atomic E-state index is 15.0. The molecule has 0 aromatic heterocycles. The Morgan fingerprint density at radius 3 is 2.60 bits per heavy atom. The lowest BCUT2D eigenvalue weighted by Gasteiger charge is -2.40. The minimum absolute atomic E-state index is 0.104. The van der Waals surface area contributed by atoms with Gasteiger partial charge in [-0.25, -0.2) is 0 Å². The Balaban J connectivity index is 1.70. The highest BCUT2D eigenvalue weighted by Gasteiger charge is 2.75. The number of allylic oxidation sites excluding steroid dienone is 1. The van der Waals surface area contributed by atoms with Gasteiger partial charge in [-0.05, 0) is 43.9 Å². The van der Waals surface area contributed by atoms with Crippen LogP contribution in [0.25, 0.3) is 0 Å². The van der Waals surface area contributed by atoms with E-state index in [2.05, 4.69) is 21.2 Å². The molecule has 1 spiro atoms. The molecule has 2 N–H and O–H groups in total. The molecule has 7 atom stereocenters. The molecule has 5 rings (SSSR count). The molecule has 4 aliphatic rings. The van der Waals surface area contributed by atoms with Crippen LogP contribution in [-0.2, 0) is 28.7 Å². The zero-order chi connectivity index (χ0) is 31.2. The van der Waals surface area contributed by atoms with Crippen LogP contribution in [0.3, 0.4) is 0 Å². The van der Waals surface area contributed by atoms with E-state index in [9.17, 15) is 24.3 Å². The van der Waals surface area contributed by atoms with Crippen molar-refractivity contribution < 1.29 is 33.8 Å². The molecule has 1 aromatic rings. The van der Waals surface area contributed by atoms with Crippen LogP contribution in [0.4, 0.5) is 5.69 Å². The smallest absolute Gasteiger partial charge is 0.313 e. The first kappa shape index (κ1) is 31.7. The number of halogens is 2. The van der Waals surface area contributed by atoms with Gasteiger partial charge < -0.3 is 29.7 Å². The lowest BCUT2D eigenvalue weighted by atomic mass is 9.74. The Morgan fingerprint density at radius 2 is 1.93 bits per heavy atom. The van der Waals surface area contributed by atoms with Gasteiger partial charge in [-0.1, -0.05) is 65.7 Å². The second kappa shape index (κ2) is 12.3. The molecular formula is C31H37BrClN3O7. The molecule has 1 aromatic carbocycles. The Kier molecular flexibility index (Phi) is 9.09. The maximum atomic E-state index is 15.0. The van der Waals surface area contributed by atoms with Crippen molar-refractivity contribution in [1.82, 2.24) is 10.2 Å².